The van der Waals surface area contributed by atoms with Gasteiger partial charge in [0, 0.05) is 13.0 Å². The topological polar surface area (TPSA) is 56.1 Å². The van der Waals surface area contributed by atoms with Crippen molar-refractivity contribution in [3.8, 4) is 6.07 Å². The molecule has 1 aliphatic heterocycles. The van der Waals surface area contributed by atoms with Gasteiger partial charge in [-0.25, -0.2) is 5.01 Å². The van der Waals surface area contributed by atoms with Crippen LogP contribution in [0.15, 0.2) is 24.3 Å². The third-order valence-electron chi connectivity index (χ3n) is 2.85. The molecule has 1 aromatic rings. The van der Waals surface area contributed by atoms with E-state index >= 15 is 0 Å². The zero-order valence-corrected chi connectivity index (χ0v) is 9.74. The summed E-state index contributed by atoms with van der Waals surface area (Å²) in [6.45, 7) is -0.0389. The van der Waals surface area contributed by atoms with Gasteiger partial charge in [-0.1, -0.05) is 18.2 Å². The van der Waals surface area contributed by atoms with Crippen LogP contribution in [0.1, 0.15) is 23.6 Å². The highest BCUT2D eigenvalue weighted by Gasteiger charge is 2.47. The Morgan fingerprint density at radius 2 is 2.05 bits per heavy atom. The first-order chi connectivity index (χ1) is 8.93. The molecule has 1 aromatic carbocycles. The van der Waals surface area contributed by atoms with Crippen LogP contribution in [0.3, 0.4) is 0 Å². The second-order valence-electron chi connectivity index (χ2n) is 4.12. The van der Waals surface area contributed by atoms with Gasteiger partial charge in [0.25, 0.3) is 0 Å². The third kappa shape index (κ3) is 2.69. The van der Waals surface area contributed by atoms with E-state index in [4.69, 9.17) is 5.26 Å². The van der Waals surface area contributed by atoms with Crippen LogP contribution in [0, 0.1) is 11.3 Å². The van der Waals surface area contributed by atoms with Crippen LogP contribution < -0.4 is 5.43 Å². The molecule has 0 aliphatic carbocycles. The fourth-order valence-electron chi connectivity index (χ4n) is 2.05. The molecule has 1 fully saturated rings. The van der Waals surface area contributed by atoms with Crippen LogP contribution in [0.5, 0.6) is 0 Å². The Labute approximate surface area is 107 Å². The second kappa shape index (κ2) is 4.90. The molecule has 0 spiro atoms. The minimum absolute atomic E-state index is 0.0152. The quantitative estimate of drug-likeness (QED) is 0.892. The Kier molecular flexibility index (Phi) is 3.44. The van der Waals surface area contributed by atoms with Crippen molar-refractivity contribution in [3.05, 3.63) is 35.4 Å². The Hall–Kier alpha value is -2.07. The first-order valence-electron chi connectivity index (χ1n) is 5.55. The number of hydrazine groups is 1. The summed E-state index contributed by atoms with van der Waals surface area (Å²) in [6, 6.07) is 5.25. The molecule has 0 aromatic heterocycles. The van der Waals surface area contributed by atoms with E-state index in [1.165, 1.54) is 24.3 Å². The number of hydrogen-bond acceptors (Lipinski definition) is 3. The lowest BCUT2D eigenvalue weighted by Gasteiger charge is -2.29. The number of alkyl halides is 3. The van der Waals surface area contributed by atoms with Crippen molar-refractivity contribution in [3.63, 3.8) is 0 Å². The summed E-state index contributed by atoms with van der Waals surface area (Å²) >= 11 is 0. The minimum atomic E-state index is -4.58. The Bertz CT molecular complexity index is 536. The monoisotopic (exact) mass is 269 g/mol. The predicted molar refractivity (Wildman–Crippen MR) is 59.4 cm³/mol. The predicted octanol–water partition coefficient (Wildman–Crippen LogP) is 1.90. The fraction of sp³-hybridized carbons (Fsp3) is 0.333. The van der Waals surface area contributed by atoms with Gasteiger partial charge in [-0.3, -0.25) is 10.2 Å². The van der Waals surface area contributed by atoms with Crippen LogP contribution in [0.4, 0.5) is 13.2 Å². The molecular formula is C12H10F3N3O. The molecule has 1 unspecified atom stereocenters. The standard InChI is InChI=1S/C12H10F3N3O/c13-12(14,15)11(18-6-5-10(19)17-18)9-4-2-1-3-8(9)7-16/h1-4,11H,5-6H2,(H,17,19). The number of nitrogens with one attached hydrogen (secondary N) is 1. The highest BCUT2D eigenvalue weighted by Crippen LogP contribution is 2.39. The number of halogens is 3. The maximum absolute atomic E-state index is 13.2. The highest BCUT2D eigenvalue weighted by atomic mass is 19.4. The lowest BCUT2D eigenvalue weighted by atomic mass is 10.00. The number of nitriles is 1. The lowest BCUT2D eigenvalue weighted by molar-refractivity contribution is -0.191. The van der Waals surface area contributed by atoms with Crippen LogP contribution in [-0.2, 0) is 4.79 Å². The van der Waals surface area contributed by atoms with Crippen LogP contribution >= 0.6 is 0 Å². The number of carbonyl (C=O) groups excluding carboxylic acids is 1. The molecule has 7 heteroatoms. The van der Waals surface area contributed by atoms with Crippen molar-refractivity contribution in [1.82, 2.24) is 10.4 Å². The number of hydrogen-bond donors (Lipinski definition) is 1. The van der Waals surface area contributed by atoms with E-state index in [9.17, 15) is 18.0 Å². The molecule has 2 rings (SSSR count). The highest BCUT2D eigenvalue weighted by molar-refractivity contribution is 5.77. The summed E-state index contributed by atoms with van der Waals surface area (Å²) in [6.07, 6.45) is -4.56. The molecule has 100 valence electrons. The van der Waals surface area contributed by atoms with Crippen LogP contribution in [-0.4, -0.2) is 23.6 Å². The van der Waals surface area contributed by atoms with Crippen molar-refractivity contribution in [1.29, 1.82) is 5.26 Å². The summed E-state index contributed by atoms with van der Waals surface area (Å²) in [7, 11) is 0. The van der Waals surface area contributed by atoms with E-state index in [1.54, 1.807) is 6.07 Å². The molecule has 19 heavy (non-hydrogen) atoms. The molecule has 1 heterocycles. The first-order valence-corrected chi connectivity index (χ1v) is 5.55. The van der Waals surface area contributed by atoms with Crippen molar-refractivity contribution in [2.24, 2.45) is 0 Å². The van der Waals surface area contributed by atoms with E-state index < -0.39 is 18.1 Å². The number of amides is 1. The van der Waals surface area contributed by atoms with Crippen LogP contribution in [0.25, 0.3) is 0 Å². The third-order valence-corrected chi connectivity index (χ3v) is 2.85. The van der Waals surface area contributed by atoms with Gasteiger partial charge in [-0.2, -0.15) is 18.4 Å². The zero-order valence-electron chi connectivity index (χ0n) is 9.74. The van der Waals surface area contributed by atoms with Gasteiger partial charge in [0.05, 0.1) is 11.6 Å². The second-order valence-corrected chi connectivity index (χ2v) is 4.12. The molecule has 1 aliphatic rings. The molecule has 0 radical (unpaired) electrons. The molecular weight excluding hydrogens is 259 g/mol. The first kappa shape index (κ1) is 13.4. The van der Waals surface area contributed by atoms with Crippen molar-refractivity contribution in [2.75, 3.05) is 6.54 Å². The van der Waals surface area contributed by atoms with Gasteiger partial charge in [0.1, 0.15) is 0 Å². The molecule has 4 nitrogen and oxygen atoms in total. The van der Waals surface area contributed by atoms with Gasteiger partial charge in [-0.05, 0) is 11.6 Å². The Morgan fingerprint density at radius 1 is 1.37 bits per heavy atom. The molecule has 1 N–H and O–H groups in total. The Morgan fingerprint density at radius 3 is 2.58 bits per heavy atom. The summed E-state index contributed by atoms with van der Waals surface area (Å²) in [5.41, 5.74) is 1.97. The van der Waals surface area contributed by atoms with E-state index in [1.807, 2.05) is 0 Å². The molecule has 1 amide bonds. The largest absolute Gasteiger partial charge is 0.409 e. The van der Waals surface area contributed by atoms with Gasteiger partial charge in [0.15, 0.2) is 6.04 Å². The number of nitrogens with zero attached hydrogens (tertiary/aromatic N) is 2. The van der Waals surface area contributed by atoms with Gasteiger partial charge < -0.3 is 0 Å². The van der Waals surface area contributed by atoms with E-state index in [-0.39, 0.29) is 24.1 Å². The minimum Gasteiger partial charge on any atom is -0.288 e. The maximum atomic E-state index is 13.2. The van der Waals surface area contributed by atoms with Crippen LogP contribution in [0.2, 0.25) is 0 Å². The van der Waals surface area contributed by atoms with Crippen molar-refractivity contribution in [2.45, 2.75) is 18.6 Å². The molecule has 0 bridgehead atoms. The van der Waals surface area contributed by atoms with E-state index in [0.717, 1.165) is 5.01 Å². The summed E-state index contributed by atoms with van der Waals surface area (Å²) in [5.74, 6) is -0.455. The number of carbonyl (C=O) groups is 1. The summed E-state index contributed by atoms with van der Waals surface area (Å²) in [5, 5.41) is 9.74. The molecule has 0 saturated carbocycles. The molecule has 1 atom stereocenters. The SMILES string of the molecule is N#Cc1ccccc1C(N1CCC(=O)N1)C(F)(F)F. The fourth-order valence-corrected chi connectivity index (χ4v) is 2.05. The normalized spacial score (nSPS) is 17.9. The average Bonchev–Trinajstić information content (AvgIpc) is 2.74. The lowest BCUT2D eigenvalue weighted by Crippen LogP contribution is -2.43. The summed E-state index contributed by atoms with van der Waals surface area (Å²) in [4.78, 5) is 11.1. The van der Waals surface area contributed by atoms with E-state index in [0.29, 0.717) is 0 Å². The summed E-state index contributed by atoms with van der Waals surface area (Å²) < 4.78 is 39.6. The van der Waals surface area contributed by atoms with E-state index in [2.05, 4.69) is 5.43 Å². The number of benzene rings is 1. The maximum Gasteiger partial charge on any atom is 0.409 e. The smallest absolute Gasteiger partial charge is 0.288 e. The van der Waals surface area contributed by atoms with Crippen molar-refractivity contribution < 1.29 is 18.0 Å². The zero-order chi connectivity index (χ0) is 14.0. The van der Waals surface area contributed by atoms with Gasteiger partial charge in [-0.15, -0.1) is 0 Å². The molecule has 1 saturated heterocycles. The van der Waals surface area contributed by atoms with Crippen molar-refractivity contribution >= 4 is 5.91 Å². The number of rotatable bonds is 2. The van der Waals surface area contributed by atoms with Gasteiger partial charge >= 0.3 is 6.18 Å². The van der Waals surface area contributed by atoms with Gasteiger partial charge in [0.2, 0.25) is 5.91 Å². The average molecular weight is 269 g/mol. The Balaban J connectivity index is 2.44.